The van der Waals surface area contributed by atoms with Crippen molar-refractivity contribution in [1.82, 2.24) is 9.55 Å². The van der Waals surface area contributed by atoms with Gasteiger partial charge < -0.3 is 4.57 Å². The molecule has 3 rings (SSSR count). The molecule has 1 heterocycles. The number of imidazole rings is 1. The molecular formula is C16H13BrF2N2. The van der Waals surface area contributed by atoms with E-state index >= 15 is 0 Å². The van der Waals surface area contributed by atoms with Gasteiger partial charge in [-0.15, -0.1) is 0 Å². The number of hydrogen-bond acceptors (Lipinski definition) is 1. The van der Waals surface area contributed by atoms with Crippen LogP contribution in [0.2, 0.25) is 0 Å². The maximum absolute atomic E-state index is 14.2. The van der Waals surface area contributed by atoms with Crippen LogP contribution in [-0.4, -0.2) is 9.55 Å². The fourth-order valence-corrected chi connectivity index (χ4v) is 2.82. The van der Waals surface area contributed by atoms with Gasteiger partial charge in [-0.1, -0.05) is 19.1 Å². The minimum atomic E-state index is -0.560. The van der Waals surface area contributed by atoms with Gasteiger partial charge in [0.1, 0.15) is 17.5 Å². The number of aromatic nitrogens is 2. The van der Waals surface area contributed by atoms with Crippen molar-refractivity contribution in [3.05, 3.63) is 63.9 Å². The van der Waals surface area contributed by atoms with E-state index in [4.69, 9.17) is 0 Å². The summed E-state index contributed by atoms with van der Waals surface area (Å²) in [4.78, 5) is 4.52. The average Bonchev–Trinajstić information content (AvgIpc) is 2.85. The molecule has 5 heteroatoms. The third-order valence-electron chi connectivity index (χ3n) is 3.50. The summed E-state index contributed by atoms with van der Waals surface area (Å²) in [5.41, 5.74) is 1.76. The van der Waals surface area contributed by atoms with Crippen molar-refractivity contribution < 1.29 is 8.78 Å². The van der Waals surface area contributed by atoms with Gasteiger partial charge in [0.05, 0.1) is 22.1 Å². The SMILES string of the molecule is CCc1nc2ccccc2n1Cc1c(F)ccc(Br)c1F. The molecule has 0 aliphatic carbocycles. The third kappa shape index (κ3) is 2.46. The van der Waals surface area contributed by atoms with Crippen molar-refractivity contribution in [1.29, 1.82) is 0 Å². The summed E-state index contributed by atoms with van der Waals surface area (Å²) in [6.07, 6.45) is 0.700. The molecule has 108 valence electrons. The van der Waals surface area contributed by atoms with E-state index in [1.165, 1.54) is 12.1 Å². The van der Waals surface area contributed by atoms with E-state index in [2.05, 4.69) is 20.9 Å². The fraction of sp³-hybridized carbons (Fsp3) is 0.188. The zero-order chi connectivity index (χ0) is 15.0. The van der Waals surface area contributed by atoms with E-state index in [1.54, 1.807) is 0 Å². The monoisotopic (exact) mass is 350 g/mol. The van der Waals surface area contributed by atoms with Crippen molar-refractivity contribution in [3.63, 3.8) is 0 Å². The van der Waals surface area contributed by atoms with Crippen molar-refractivity contribution in [2.75, 3.05) is 0 Å². The van der Waals surface area contributed by atoms with Crippen molar-refractivity contribution in [3.8, 4) is 0 Å². The first kappa shape index (κ1) is 14.2. The molecule has 1 aromatic heterocycles. The molecule has 3 aromatic rings. The first-order chi connectivity index (χ1) is 10.1. The predicted octanol–water partition coefficient (Wildman–Crippen LogP) is 4.69. The summed E-state index contributed by atoms with van der Waals surface area (Å²) in [6.45, 7) is 2.10. The Morgan fingerprint density at radius 2 is 1.90 bits per heavy atom. The lowest BCUT2D eigenvalue weighted by atomic mass is 10.2. The van der Waals surface area contributed by atoms with E-state index < -0.39 is 11.6 Å². The third-order valence-corrected chi connectivity index (χ3v) is 4.12. The van der Waals surface area contributed by atoms with Gasteiger partial charge in [0.25, 0.3) is 0 Å². The molecule has 0 amide bonds. The summed E-state index contributed by atoms with van der Waals surface area (Å²) in [5.74, 6) is -0.291. The van der Waals surface area contributed by atoms with Crippen LogP contribution in [0, 0.1) is 11.6 Å². The lowest BCUT2D eigenvalue weighted by Gasteiger charge is -2.11. The highest BCUT2D eigenvalue weighted by molar-refractivity contribution is 9.10. The van der Waals surface area contributed by atoms with Gasteiger partial charge in [0.15, 0.2) is 0 Å². The predicted molar refractivity (Wildman–Crippen MR) is 82.3 cm³/mol. The second-order valence-electron chi connectivity index (χ2n) is 4.78. The Kier molecular flexibility index (Phi) is 3.76. The first-order valence-electron chi connectivity index (χ1n) is 6.68. The van der Waals surface area contributed by atoms with Gasteiger partial charge in [0.2, 0.25) is 0 Å². The van der Waals surface area contributed by atoms with Crippen LogP contribution in [0.4, 0.5) is 8.78 Å². The van der Waals surface area contributed by atoms with E-state index in [9.17, 15) is 8.78 Å². The van der Waals surface area contributed by atoms with E-state index in [1.807, 2.05) is 35.8 Å². The number of para-hydroxylation sites is 2. The van der Waals surface area contributed by atoms with Gasteiger partial charge in [-0.25, -0.2) is 13.8 Å². The zero-order valence-corrected chi connectivity index (χ0v) is 13.0. The maximum atomic E-state index is 14.2. The Labute approximate surface area is 129 Å². The Balaban J connectivity index is 2.16. The topological polar surface area (TPSA) is 17.8 Å². The highest BCUT2D eigenvalue weighted by Gasteiger charge is 2.16. The standard InChI is InChI=1S/C16H13BrF2N2/c1-2-15-20-13-5-3-4-6-14(13)21(15)9-10-12(18)8-7-11(17)16(10)19/h3-8H,2,9H2,1H3. The van der Waals surface area contributed by atoms with Crippen LogP contribution in [0.15, 0.2) is 40.9 Å². The molecule has 2 nitrogen and oxygen atoms in total. The maximum Gasteiger partial charge on any atom is 0.145 e. The molecule has 0 fully saturated rings. The number of aryl methyl sites for hydroxylation is 1. The summed E-state index contributed by atoms with van der Waals surface area (Å²) in [7, 11) is 0. The Morgan fingerprint density at radius 3 is 2.67 bits per heavy atom. The Hall–Kier alpha value is -1.75. The molecule has 0 spiro atoms. The van der Waals surface area contributed by atoms with Crippen LogP contribution in [0.25, 0.3) is 11.0 Å². The lowest BCUT2D eigenvalue weighted by Crippen LogP contribution is -2.08. The fourth-order valence-electron chi connectivity index (χ4n) is 2.44. The molecule has 0 aliphatic heterocycles. The number of benzene rings is 2. The quantitative estimate of drug-likeness (QED) is 0.626. The molecular weight excluding hydrogens is 338 g/mol. The largest absolute Gasteiger partial charge is 0.323 e. The number of rotatable bonds is 3. The van der Waals surface area contributed by atoms with Crippen molar-refractivity contribution in [2.45, 2.75) is 19.9 Å². The van der Waals surface area contributed by atoms with Crippen LogP contribution in [0.3, 0.4) is 0 Å². The molecule has 2 aromatic carbocycles. The summed E-state index contributed by atoms with van der Waals surface area (Å²) >= 11 is 3.10. The summed E-state index contributed by atoms with van der Waals surface area (Å²) in [5, 5.41) is 0. The molecule has 0 saturated heterocycles. The second-order valence-corrected chi connectivity index (χ2v) is 5.63. The van der Waals surface area contributed by atoms with Gasteiger partial charge in [-0.3, -0.25) is 0 Å². The minimum Gasteiger partial charge on any atom is -0.323 e. The first-order valence-corrected chi connectivity index (χ1v) is 7.47. The molecule has 0 aliphatic rings. The minimum absolute atomic E-state index is 0.0437. The summed E-state index contributed by atoms with van der Waals surface area (Å²) < 4.78 is 30.3. The lowest BCUT2D eigenvalue weighted by molar-refractivity contribution is 0.539. The number of halogens is 3. The van der Waals surface area contributed by atoms with Crippen molar-refractivity contribution in [2.24, 2.45) is 0 Å². The van der Waals surface area contributed by atoms with Crippen LogP contribution >= 0.6 is 15.9 Å². The highest BCUT2D eigenvalue weighted by Crippen LogP contribution is 2.25. The molecule has 0 N–H and O–H groups in total. The van der Waals surface area contributed by atoms with Crippen LogP contribution in [0.1, 0.15) is 18.3 Å². The van der Waals surface area contributed by atoms with E-state index in [-0.39, 0.29) is 16.6 Å². The van der Waals surface area contributed by atoms with Gasteiger partial charge in [0, 0.05) is 12.0 Å². The number of fused-ring (bicyclic) bond motifs is 1. The molecule has 0 atom stereocenters. The van der Waals surface area contributed by atoms with E-state index in [0.29, 0.717) is 6.42 Å². The van der Waals surface area contributed by atoms with Crippen LogP contribution in [-0.2, 0) is 13.0 Å². The van der Waals surface area contributed by atoms with Crippen LogP contribution < -0.4 is 0 Å². The normalized spacial score (nSPS) is 11.2. The summed E-state index contributed by atoms with van der Waals surface area (Å²) in [6, 6.07) is 10.3. The highest BCUT2D eigenvalue weighted by atomic mass is 79.9. The van der Waals surface area contributed by atoms with Gasteiger partial charge in [-0.05, 0) is 40.2 Å². The molecule has 0 radical (unpaired) electrons. The molecule has 21 heavy (non-hydrogen) atoms. The zero-order valence-electron chi connectivity index (χ0n) is 11.4. The molecule has 0 saturated carbocycles. The average molecular weight is 351 g/mol. The van der Waals surface area contributed by atoms with E-state index in [0.717, 1.165) is 16.9 Å². The number of nitrogens with zero attached hydrogens (tertiary/aromatic N) is 2. The van der Waals surface area contributed by atoms with Gasteiger partial charge in [-0.2, -0.15) is 0 Å². The molecule has 0 bridgehead atoms. The second kappa shape index (κ2) is 5.56. The van der Waals surface area contributed by atoms with Crippen molar-refractivity contribution >= 4 is 27.0 Å². The Bertz CT molecular complexity index is 811. The van der Waals surface area contributed by atoms with Gasteiger partial charge >= 0.3 is 0 Å². The molecule has 0 unspecified atom stereocenters. The number of hydrogen-bond donors (Lipinski definition) is 0. The Morgan fingerprint density at radius 1 is 1.14 bits per heavy atom. The van der Waals surface area contributed by atoms with Crippen LogP contribution in [0.5, 0.6) is 0 Å². The smallest absolute Gasteiger partial charge is 0.145 e.